The molecule has 0 bridgehead atoms. The van der Waals surface area contributed by atoms with Crippen molar-refractivity contribution in [2.24, 2.45) is 0 Å². The Morgan fingerprint density at radius 3 is 0.767 bits per heavy atom. The molecule has 0 rings (SSSR count). The predicted octanol–water partition coefficient (Wildman–Crippen LogP) is -0.354. The van der Waals surface area contributed by atoms with Gasteiger partial charge in [-0.25, -0.2) is 4.79 Å². The molecule has 4 atom stereocenters. The lowest BCUT2D eigenvalue weighted by Crippen LogP contribution is -2.00. The van der Waals surface area contributed by atoms with Crippen LogP contribution in [0.4, 0.5) is 0 Å². The van der Waals surface area contributed by atoms with Gasteiger partial charge in [-0.3, -0.25) is 0 Å². The molecule has 30 heavy (non-hydrogen) atoms. The first-order chi connectivity index (χ1) is 13.7. The zero-order valence-electron chi connectivity index (χ0n) is 19.1. The van der Waals surface area contributed by atoms with E-state index >= 15 is 0 Å². The fourth-order valence-corrected chi connectivity index (χ4v) is 0.747. The number of carbonyl (C=O) groups is 1. The van der Waals surface area contributed by atoms with Crippen molar-refractivity contribution in [2.75, 3.05) is 26.4 Å². The van der Waals surface area contributed by atoms with Gasteiger partial charge in [0.2, 0.25) is 0 Å². The second-order valence-electron chi connectivity index (χ2n) is 6.53. The Kier molecular flexibility index (Phi) is 42.7. The van der Waals surface area contributed by atoms with E-state index in [1.807, 2.05) is 0 Å². The Balaban J connectivity index is -0.0000000868. The van der Waals surface area contributed by atoms with E-state index in [2.05, 4.69) is 6.58 Å². The van der Waals surface area contributed by atoms with E-state index in [9.17, 15) is 4.79 Å². The van der Waals surface area contributed by atoms with Gasteiger partial charge in [0.25, 0.3) is 0 Å². The maximum Gasteiger partial charge on any atom is 0.330 e. The molecule has 0 heterocycles. The Morgan fingerprint density at radius 2 is 0.767 bits per heavy atom. The van der Waals surface area contributed by atoms with Crippen molar-refractivity contribution in [1.82, 2.24) is 0 Å². The first-order valence-electron chi connectivity index (χ1n) is 9.77. The summed E-state index contributed by atoms with van der Waals surface area (Å²) in [7, 11) is 0. The number of hydrogen-bond donors (Lipinski definition) is 9. The van der Waals surface area contributed by atoms with Crippen molar-refractivity contribution in [3.63, 3.8) is 0 Å². The molecular formula is C20H46O10. The van der Waals surface area contributed by atoms with E-state index in [4.69, 9.17) is 46.0 Å². The summed E-state index contributed by atoms with van der Waals surface area (Å²) < 4.78 is 0. The monoisotopic (exact) mass is 446 g/mol. The van der Waals surface area contributed by atoms with Gasteiger partial charge in [0, 0.05) is 32.0 Å². The number of carboxylic acid groups (broad SMARTS) is 1. The van der Waals surface area contributed by atoms with Gasteiger partial charge in [0.15, 0.2) is 0 Å². The van der Waals surface area contributed by atoms with Crippen LogP contribution in [0, 0.1) is 0 Å². The quantitative estimate of drug-likeness (QED) is 0.211. The molecule has 10 heteroatoms. The first kappa shape index (κ1) is 39.4. The molecule has 0 aromatic carbocycles. The Morgan fingerprint density at radius 1 is 0.633 bits per heavy atom. The van der Waals surface area contributed by atoms with E-state index in [0.29, 0.717) is 25.7 Å². The van der Waals surface area contributed by atoms with Crippen LogP contribution in [-0.2, 0) is 4.79 Å². The predicted molar refractivity (Wildman–Crippen MR) is 116 cm³/mol. The lowest BCUT2D eigenvalue weighted by atomic mass is 10.3. The van der Waals surface area contributed by atoms with Crippen LogP contribution >= 0.6 is 0 Å². The Hall–Kier alpha value is -1.11. The average molecular weight is 447 g/mol. The number of aliphatic hydroxyl groups excluding tert-OH is 8. The largest absolute Gasteiger partial charge is 0.478 e. The molecular weight excluding hydrogens is 400 g/mol. The summed E-state index contributed by atoms with van der Waals surface area (Å²) in [6, 6.07) is 0. The fraction of sp³-hybridized carbons (Fsp3) is 0.850. The SMILES string of the molecule is C=C(C)C(=O)O.CC(O)CCO.CC(O)CCO.CC(O)CCO.CC(O)CCO. The van der Waals surface area contributed by atoms with E-state index in [-0.39, 0.29) is 56.4 Å². The van der Waals surface area contributed by atoms with E-state index in [1.54, 1.807) is 27.7 Å². The van der Waals surface area contributed by atoms with Gasteiger partial charge in [0.05, 0.1) is 24.4 Å². The molecule has 0 aliphatic rings. The van der Waals surface area contributed by atoms with Crippen LogP contribution < -0.4 is 0 Å². The smallest absolute Gasteiger partial charge is 0.330 e. The van der Waals surface area contributed by atoms with Crippen molar-refractivity contribution >= 4 is 5.97 Å². The molecule has 10 nitrogen and oxygen atoms in total. The van der Waals surface area contributed by atoms with Gasteiger partial charge in [-0.2, -0.15) is 0 Å². The number of carboxylic acids is 1. The average Bonchev–Trinajstić information content (AvgIpc) is 2.56. The molecule has 9 N–H and O–H groups in total. The minimum Gasteiger partial charge on any atom is -0.478 e. The lowest BCUT2D eigenvalue weighted by molar-refractivity contribution is -0.132. The van der Waals surface area contributed by atoms with Crippen molar-refractivity contribution in [2.45, 2.75) is 84.7 Å². The second kappa shape index (κ2) is 32.6. The van der Waals surface area contributed by atoms with Crippen molar-refractivity contribution in [1.29, 1.82) is 0 Å². The van der Waals surface area contributed by atoms with Gasteiger partial charge >= 0.3 is 5.97 Å². The van der Waals surface area contributed by atoms with Crippen LogP contribution in [0.1, 0.15) is 60.3 Å². The molecule has 0 aromatic rings. The third-order valence-electron chi connectivity index (χ3n) is 2.55. The number of aliphatic carboxylic acids is 1. The highest BCUT2D eigenvalue weighted by molar-refractivity contribution is 5.84. The van der Waals surface area contributed by atoms with Crippen LogP contribution in [0.2, 0.25) is 0 Å². The molecule has 0 aliphatic heterocycles. The summed E-state index contributed by atoms with van der Waals surface area (Å²) in [4.78, 5) is 9.60. The molecule has 0 fully saturated rings. The Bertz CT molecular complexity index is 280. The van der Waals surface area contributed by atoms with E-state index < -0.39 is 5.97 Å². The third kappa shape index (κ3) is 81.3. The summed E-state index contributed by atoms with van der Waals surface area (Å²) in [5, 5.41) is 73.8. The summed E-state index contributed by atoms with van der Waals surface area (Å²) in [6.07, 6.45) is 0.537. The van der Waals surface area contributed by atoms with Gasteiger partial charge < -0.3 is 46.0 Å². The molecule has 0 saturated heterocycles. The number of aliphatic hydroxyl groups is 8. The standard InChI is InChI=1S/4C4H10O2.C4H6O2/c4*1-4(6)2-3-5;1-3(2)4(5)6/h4*4-6H,2-3H2,1H3;1H2,2H3,(H,5,6). The lowest BCUT2D eigenvalue weighted by Gasteiger charge is -1.95. The summed E-state index contributed by atoms with van der Waals surface area (Å²) >= 11 is 0. The van der Waals surface area contributed by atoms with Gasteiger partial charge in [-0.1, -0.05) is 6.58 Å². The van der Waals surface area contributed by atoms with Crippen LogP contribution in [0.3, 0.4) is 0 Å². The highest BCUT2D eigenvalue weighted by Crippen LogP contribution is 1.85. The van der Waals surface area contributed by atoms with Gasteiger partial charge in [-0.05, 0) is 60.3 Å². The maximum atomic E-state index is 9.60. The number of rotatable bonds is 9. The molecule has 0 aliphatic carbocycles. The first-order valence-corrected chi connectivity index (χ1v) is 9.77. The summed E-state index contributed by atoms with van der Waals surface area (Å²) in [6.45, 7) is 11.5. The van der Waals surface area contributed by atoms with E-state index in [0.717, 1.165) is 0 Å². The third-order valence-corrected chi connectivity index (χ3v) is 2.55. The zero-order valence-corrected chi connectivity index (χ0v) is 19.1. The van der Waals surface area contributed by atoms with Crippen LogP contribution in [0.15, 0.2) is 12.2 Å². The second-order valence-corrected chi connectivity index (χ2v) is 6.53. The summed E-state index contributed by atoms with van der Waals surface area (Å²) in [5.41, 5.74) is 0.176. The van der Waals surface area contributed by atoms with Crippen molar-refractivity contribution < 1.29 is 50.8 Å². The molecule has 0 saturated carbocycles. The maximum absolute atomic E-state index is 9.60. The minimum atomic E-state index is -0.935. The zero-order chi connectivity index (χ0) is 25.1. The van der Waals surface area contributed by atoms with Crippen molar-refractivity contribution in [3.8, 4) is 0 Å². The Labute approximate surface area is 180 Å². The molecule has 0 radical (unpaired) electrons. The molecule has 0 spiro atoms. The highest BCUT2D eigenvalue weighted by Gasteiger charge is 1.91. The molecule has 0 amide bonds. The number of hydrogen-bond acceptors (Lipinski definition) is 9. The topological polar surface area (TPSA) is 199 Å². The van der Waals surface area contributed by atoms with Gasteiger partial charge in [0.1, 0.15) is 0 Å². The minimum absolute atomic E-state index is 0.0810. The van der Waals surface area contributed by atoms with Gasteiger partial charge in [-0.15, -0.1) is 0 Å². The summed E-state index contributed by atoms with van der Waals surface area (Å²) in [5.74, 6) is -0.935. The van der Waals surface area contributed by atoms with E-state index in [1.165, 1.54) is 6.92 Å². The fourth-order valence-electron chi connectivity index (χ4n) is 0.747. The van der Waals surface area contributed by atoms with Crippen LogP contribution in [-0.4, -0.2) is 103 Å². The molecule has 186 valence electrons. The molecule has 0 aromatic heterocycles. The van der Waals surface area contributed by atoms with Crippen LogP contribution in [0.25, 0.3) is 0 Å². The molecule has 4 unspecified atom stereocenters. The highest BCUT2D eigenvalue weighted by atomic mass is 16.4. The van der Waals surface area contributed by atoms with Crippen LogP contribution in [0.5, 0.6) is 0 Å². The normalized spacial score (nSPS) is 13.1. The van der Waals surface area contributed by atoms with Crippen molar-refractivity contribution in [3.05, 3.63) is 12.2 Å².